The van der Waals surface area contributed by atoms with Gasteiger partial charge in [0.15, 0.2) is 17.6 Å². The first kappa shape index (κ1) is 20.9. The van der Waals surface area contributed by atoms with E-state index < -0.39 is 6.10 Å². The van der Waals surface area contributed by atoms with E-state index in [0.29, 0.717) is 48.5 Å². The fraction of sp³-hybridized carbons (Fsp3) is 0.381. The Morgan fingerprint density at radius 2 is 1.78 bits per heavy atom. The fourth-order valence-electron chi connectivity index (χ4n) is 2.54. The van der Waals surface area contributed by atoms with Gasteiger partial charge in [0.05, 0.1) is 13.2 Å². The van der Waals surface area contributed by atoms with Crippen molar-refractivity contribution in [3.05, 3.63) is 53.1 Å². The van der Waals surface area contributed by atoms with Crippen LogP contribution in [0, 0.1) is 0 Å². The lowest BCUT2D eigenvalue weighted by atomic mass is 10.2. The molecule has 1 atom stereocenters. The molecule has 0 unspecified atom stereocenters. The standard InChI is InChI=1S/C21H26ClNO4/c1-4-18(27-17-9-7-8-16(22)13-17)21(24)23-14-15-10-11-19(25-5-2)20(12-15)26-6-3/h7-13,18H,4-6,14H2,1-3H3,(H,23,24)/t18-/m0/s1. The van der Waals surface area contributed by atoms with E-state index in [0.717, 1.165) is 5.56 Å². The monoisotopic (exact) mass is 391 g/mol. The molecule has 6 heteroatoms. The average Bonchev–Trinajstić information content (AvgIpc) is 2.66. The molecule has 0 bridgehead atoms. The predicted octanol–water partition coefficient (Wildman–Crippen LogP) is 4.61. The maximum Gasteiger partial charge on any atom is 0.261 e. The zero-order valence-corrected chi connectivity index (χ0v) is 16.7. The molecule has 2 aromatic rings. The van der Waals surface area contributed by atoms with E-state index in [-0.39, 0.29) is 5.91 Å². The van der Waals surface area contributed by atoms with Crippen molar-refractivity contribution in [1.82, 2.24) is 5.32 Å². The van der Waals surface area contributed by atoms with Crippen molar-refractivity contribution in [2.24, 2.45) is 0 Å². The molecule has 146 valence electrons. The third-order valence-corrected chi connectivity index (χ3v) is 4.05. The number of amides is 1. The van der Waals surface area contributed by atoms with E-state index >= 15 is 0 Å². The van der Waals surface area contributed by atoms with Crippen molar-refractivity contribution in [1.29, 1.82) is 0 Å². The van der Waals surface area contributed by atoms with Gasteiger partial charge >= 0.3 is 0 Å². The zero-order valence-electron chi connectivity index (χ0n) is 16.0. The molecule has 0 aliphatic rings. The summed E-state index contributed by atoms with van der Waals surface area (Å²) in [6.45, 7) is 7.23. The molecule has 1 amide bonds. The van der Waals surface area contributed by atoms with Crippen LogP contribution in [-0.2, 0) is 11.3 Å². The normalized spacial score (nSPS) is 11.6. The number of nitrogens with one attached hydrogen (secondary N) is 1. The first-order chi connectivity index (χ1) is 13.1. The molecule has 2 rings (SSSR count). The number of carbonyl (C=O) groups excluding carboxylic acids is 1. The number of hydrogen-bond acceptors (Lipinski definition) is 4. The molecule has 27 heavy (non-hydrogen) atoms. The third kappa shape index (κ3) is 6.36. The number of rotatable bonds is 10. The van der Waals surface area contributed by atoms with Crippen LogP contribution in [-0.4, -0.2) is 25.2 Å². The highest BCUT2D eigenvalue weighted by atomic mass is 35.5. The maximum atomic E-state index is 12.5. The Bertz CT molecular complexity index is 751. The molecule has 0 saturated heterocycles. The second-order valence-electron chi connectivity index (χ2n) is 5.84. The van der Waals surface area contributed by atoms with Crippen molar-refractivity contribution in [2.75, 3.05) is 13.2 Å². The Balaban J connectivity index is 1.99. The quantitative estimate of drug-likeness (QED) is 0.642. The van der Waals surface area contributed by atoms with Crippen LogP contribution in [0.3, 0.4) is 0 Å². The number of hydrogen-bond donors (Lipinski definition) is 1. The van der Waals surface area contributed by atoms with Gasteiger partial charge in [-0.3, -0.25) is 4.79 Å². The maximum absolute atomic E-state index is 12.5. The summed E-state index contributed by atoms with van der Waals surface area (Å²) in [7, 11) is 0. The minimum absolute atomic E-state index is 0.177. The highest BCUT2D eigenvalue weighted by molar-refractivity contribution is 6.30. The summed E-state index contributed by atoms with van der Waals surface area (Å²) in [4.78, 5) is 12.5. The molecule has 5 nitrogen and oxygen atoms in total. The molecule has 0 fully saturated rings. The summed E-state index contributed by atoms with van der Waals surface area (Å²) < 4.78 is 16.9. The van der Waals surface area contributed by atoms with E-state index in [1.165, 1.54) is 0 Å². The van der Waals surface area contributed by atoms with E-state index in [1.807, 2.05) is 39.0 Å². The Morgan fingerprint density at radius 3 is 2.44 bits per heavy atom. The van der Waals surface area contributed by atoms with E-state index in [1.54, 1.807) is 24.3 Å². The second-order valence-corrected chi connectivity index (χ2v) is 6.27. The number of halogens is 1. The van der Waals surface area contributed by atoms with Crippen LogP contribution in [0.25, 0.3) is 0 Å². The van der Waals surface area contributed by atoms with Gasteiger partial charge in [-0.25, -0.2) is 0 Å². The van der Waals surface area contributed by atoms with Crippen LogP contribution >= 0.6 is 11.6 Å². The van der Waals surface area contributed by atoms with Crippen LogP contribution in [0.4, 0.5) is 0 Å². The topological polar surface area (TPSA) is 56.8 Å². The first-order valence-electron chi connectivity index (χ1n) is 9.15. The van der Waals surface area contributed by atoms with E-state index in [2.05, 4.69) is 5.32 Å². The van der Waals surface area contributed by atoms with Gasteiger partial charge in [0.1, 0.15) is 5.75 Å². The van der Waals surface area contributed by atoms with Crippen LogP contribution in [0.5, 0.6) is 17.2 Å². The summed E-state index contributed by atoms with van der Waals surface area (Å²) in [5.41, 5.74) is 0.924. The highest BCUT2D eigenvalue weighted by Gasteiger charge is 2.18. The molecule has 0 aliphatic carbocycles. The van der Waals surface area contributed by atoms with Crippen LogP contribution < -0.4 is 19.5 Å². The van der Waals surface area contributed by atoms with Crippen molar-refractivity contribution < 1.29 is 19.0 Å². The lowest BCUT2D eigenvalue weighted by molar-refractivity contribution is -0.128. The predicted molar refractivity (Wildman–Crippen MR) is 107 cm³/mol. The van der Waals surface area contributed by atoms with Gasteiger partial charge in [-0.1, -0.05) is 30.7 Å². The molecular weight excluding hydrogens is 366 g/mol. The number of ether oxygens (including phenoxy) is 3. The number of benzene rings is 2. The van der Waals surface area contributed by atoms with Gasteiger partial charge in [-0.2, -0.15) is 0 Å². The van der Waals surface area contributed by atoms with Crippen molar-refractivity contribution >= 4 is 17.5 Å². The van der Waals surface area contributed by atoms with Gasteiger partial charge in [0.25, 0.3) is 5.91 Å². The van der Waals surface area contributed by atoms with Gasteiger partial charge < -0.3 is 19.5 Å². The molecule has 1 N–H and O–H groups in total. The van der Waals surface area contributed by atoms with Gasteiger partial charge in [-0.15, -0.1) is 0 Å². The zero-order chi connectivity index (χ0) is 19.6. The average molecular weight is 392 g/mol. The molecule has 0 spiro atoms. The second kappa shape index (κ2) is 10.7. The lowest BCUT2D eigenvalue weighted by Crippen LogP contribution is -2.37. The molecule has 0 saturated carbocycles. The molecule has 0 aromatic heterocycles. The van der Waals surface area contributed by atoms with Crippen LogP contribution in [0.2, 0.25) is 5.02 Å². The van der Waals surface area contributed by atoms with E-state index in [9.17, 15) is 4.79 Å². The summed E-state index contributed by atoms with van der Waals surface area (Å²) in [6.07, 6.45) is -0.0382. The summed E-state index contributed by atoms with van der Waals surface area (Å²) in [6, 6.07) is 12.7. The Kier molecular flexibility index (Phi) is 8.27. The van der Waals surface area contributed by atoms with Gasteiger partial charge in [0, 0.05) is 11.6 Å². The summed E-state index contributed by atoms with van der Waals surface area (Å²) in [5.74, 6) is 1.77. The Labute approximate surface area is 165 Å². The largest absolute Gasteiger partial charge is 0.490 e. The van der Waals surface area contributed by atoms with E-state index in [4.69, 9.17) is 25.8 Å². The number of carbonyl (C=O) groups is 1. The Hall–Kier alpha value is -2.40. The molecule has 2 aromatic carbocycles. The molecule has 0 heterocycles. The first-order valence-corrected chi connectivity index (χ1v) is 9.53. The summed E-state index contributed by atoms with van der Waals surface area (Å²) >= 11 is 5.97. The van der Waals surface area contributed by atoms with Gasteiger partial charge in [-0.05, 0) is 56.2 Å². The SMILES string of the molecule is CCOc1ccc(CNC(=O)[C@H](CC)Oc2cccc(Cl)c2)cc1OCC. The van der Waals surface area contributed by atoms with Crippen LogP contribution in [0.1, 0.15) is 32.8 Å². The lowest BCUT2D eigenvalue weighted by Gasteiger charge is -2.18. The van der Waals surface area contributed by atoms with Crippen molar-refractivity contribution in [2.45, 2.75) is 39.8 Å². The van der Waals surface area contributed by atoms with Gasteiger partial charge in [0.2, 0.25) is 0 Å². The molecule has 0 radical (unpaired) electrons. The highest BCUT2D eigenvalue weighted by Crippen LogP contribution is 2.28. The third-order valence-electron chi connectivity index (χ3n) is 3.81. The summed E-state index contributed by atoms with van der Waals surface area (Å²) in [5, 5.41) is 3.48. The minimum Gasteiger partial charge on any atom is -0.490 e. The smallest absolute Gasteiger partial charge is 0.261 e. The minimum atomic E-state index is -0.586. The fourth-order valence-corrected chi connectivity index (χ4v) is 2.72. The Morgan fingerprint density at radius 1 is 1.04 bits per heavy atom. The van der Waals surface area contributed by atoms with Crippen molar-refractivity contribution in [3.8, 4) is 17.2 Å². The molecule has 0 aliphatic heterocycles. The van der Waals surface area contributed by atoms with Crippen LogP contribution in [0.15, 0.2) is 42.5 Å². The molecular formula is C21H26ClNO4. The van der Waals surface area contributed by atoms with Crippen molar-refractivity contribution in [3.63, 3.8) is 0 Å².